The Labute approximate surface area is 200 Å². The van der Waals surface area contributed by atoms with E-state index in [1.165, 1.54) is 0 Å². The number of benzene rings is 2. The number of aliphatic imine (C=N–C) groups is 1. The van der Waals surface area contributed by atoms with Crippen LogP contribution in [-0.4, -0.2) is 71.9 Å². The number of Topliss-reactive ketones (excluding diaryl/α,β-unsaturated/α-hetero) is 1. The Hall–Kier alpha value is -3.48. The van der Waals surface area contributed by atoms with Gasteiger partial charge < -0.3 is 14.5 Å². The van der Waals surface area contributed by atoms with Gasteiger partial charge in [0.05, 0.1) is 24.8 Å². The molecule has 0 bridgehead atoms. The molecule has 0 unspecified atom stereocenters. The van der Waals surface area contributed by atoms with Gasteiger partial charge in [-0.3, -0.25) is 19.4 Å². The lowest BCUT2D eigenvalue weighted by molar-refractivity contribution is -0.130. The fraction of sp³-hybridized carbons (Fsp3) is 0.407. The van der Waals surface area contributed by atoms with Crippen LogP contribution in [0.5, 0.6) is 5.75 Å². The van der Waals surface area contributed by atoms with E-state index in [9.17, 15) is 14.4 Å². The standard InChI is InChI=1S/C27H31N3O4/c1-18(31)29-11-13-30(14-12-29)26(33)20-7-5-19(6-8-20)25(32)16-24-23-15-22(34-4)10-9-21(23)17-27(2,3)28-24/h5-10,15H,11-14,16-17H2,1-4H3. The molecule has 2 aromatic rings. The Morgan fingerprint density at radius 1 is 0.941 bits per heavy atom. The summed E-state index contributed by atoms with van der Waals surface area (Å²) in [5, 5.41) is 0. The van der Waals surface area contributed by atoms with Crippen LogP contribution in [0.4, 0.5) is 0 Å². The number of hydrogen-bond acceptors (Lipinski definition) is 5. The van der Waals surface area contributed by atoms with Gasteiger partial charge >= 0.3 is 0 Å². The van der Waals surface area contributed by atoms with Gasteiger partial charge in [-0.2, -0.15) is 0 Å². The van der Waals surface area contributed by atoms with Gasteiger partial charge in [-0.05, 0) is 50.1 Å². The molecule has 7 heteroatoms. The number of piperazine rings is 1. The monoisotopic (exact) mass is 461 g/mol. The molecule has 0 radical (unpaired) electrons. The molecule has 2 aliphatic rings. The first-order valence-corrected chi connectivity index (χ1v) is 11.6. The summed E-state index contributed by atoms with van der Waals surface area (Å²) in [6.45, 7) is 7.80. The fourth-order valence-electron chi connectivity index (χ4n) is 4.63. The number of rotatable bonds is 5. The van der Waals surface area contributed by atoms with Crippen LogP contribution in [0.3, 0.4) is 0 Å². The van der Waals surface area contributed by atoms with Crippen molar-refractivity contribution in [1.29, 1.82) is 0 Å². The van der Waals surface area contributed by atoms with Crippen molar-refractivity contribution in [2.24, 2.45) is 4.99 Å². The molecule has 34 heavy (non-hydrogen) atoms. The molecule has 0 atom stereocenters. The lowest BCUT2D eigenvalue weighted by Crippen LogP contribution is -2.50. The number of carbonyl (C=O) groups is 3. The highest BCUT2D eigenvalue weighted by Crippen LogP contribution is 2.31. The molecule has 0 spiro atoms. The van der Waals surface area contributed by atoms with Crippen LogP contribution in [0, 0.1) is 0 Å². The summed E-state index contributed by atoms with van der Waals surface area (Å²) in [7, 11) is 1.63. The molecule has 2 aromatic carbocycles. The SMILES string of the molecule is COc1ccc2c(c1)C(CC(=O)c1ccc(C(=O)N3CCN(C(C)=O)CC3)cc1)=NC(C)(C)C2. The van der Waals surface area contributed by atoms with Crippen molar-refractivity contribution in [2.45, 2.75) is 39.2 Å². The number of ether oxygens (including phenoxy) is 1. The molecule has 0 aromatic heterocycles. The second kappa shape index (κ2) is 9.41. The molecule has 2 aliphatic heterocycles. The van der Waals surface area contributed by atoms with Gasteiger partial charge in [0.2, 0.25) is 5.91 Å². The van der Waals surface area contributed by atoms with Crippen LogP contribution >= 0.6 is 0 Å². The van der Waals surface area contributed by atoms with Crippen molar-refractivity contribution in [3.8, 4) is 5.75 Å². The van der Waals surface area contributed by atoms with Crippen molar-refractivity contribution in [3.63, 3.8) is 0 Å². The van der Waals surface area contributed by atoms with Gasteiger partial charge in [0, 0.05) is 49.8 Å². The Kier molecular flexibility index (Phi) is 6.55. The third kappa shape index (κ3) is 5.03. The summed E-state index contributed by atoms with van der Waals surface area (Å²) in [6.07, 6.45) is 0.991. The topological polar surface area (TPSA) is 79.3 Å². The molecule has 178 valence electrons. The second-order valence-corrected chi connectivity index (χ2v) is 9.55. The molecule has 7 nitrogen and oxygen atoms in total. The van der Waals surface area contributed by atoms with E-state index in [0.717, 1.165) is 29.0 Å². The Balaban J connectivity index is 1.47. The number of hydrogen-bond donors (Lipinski definition) is 0. The Morgan fingerprint density at radius 2 is 1.56 bits per heavy atom. The first-order chi connectivity index (χ1) is 16.2. The lowest BCUT2D eigenvalue weighted by Gasteiger charge is -2.34. The van der Waals surface area contributed by atoms with E-state index in [1.807, 2.05) is 18.2 Å². The normalized spacial score (nSPS) is 17.0. The summed E-state index contributed by atoms with van der Waals surface area (Å²) in [4.78, 5) is 45.8. The molecule has 0 aliphatic carbocycles. The number of amides is 2. The van der Waals surface area contributed by atoms with Gasteiger partial charge in [-0.25, -0.2) is 0 Å². The van der Waals surface area contributed by atoms with Crippen LogP contribution in [0.2, 0.25) is 0 Å². The van der Waals surface area contributed by atoms with Gasteiger partial charge in [0.1, 0.15) is 5.75 Å². The molecule has 2 amide bonds. The molecule has 2 heterocycles. The summed E-state index contributed by atoms with van der Waals surface area (Å²) in [6, 6.07) is 12.8. The smallest absolute Gasteiger partial charge is 0.253 e. The number of nitrogens with zero attached hydrogens (tertiary/aromatic N) is 3. The molecular formula is C27H31N3O4. The third-order valence-electron chi connectivity index (χ3n) is 6.48. The number of methoxy groups -OCH3 is 1. The van der Waals surface area contributed by atoms with Crippen molar-refractivity contribution < 1.29 is 19.1 Å². The quantitative estimate of drug-likeness (QED) is 0.640. The predicted molar refractivity (Wildman–Crippen MR) is 131 cm³/mol. The van der Waals surface area contributed by atoms with Crippen LogP contribution in [0.1, 0.15) is 59.0 Å². The fourth-order valence-corrected chi connectivity index (χ4v) is 4.63. The van der Waals surface area contributed by atoms with E-state index < -0.39 is 0 Å². The van der Waals surface area contributed by atoms with E-state index in [0.29, 0.717) is 37.3 Å². The maximum Gasteiger partial charge on any atom is 0.253 e. The van der Waals surface area contributed by atoms with Crippen LogP contribution < -0.4 is 4.74 Å². The number of carbonyl (C=O) groups excluding carboxylic acids is 3. The Bertz CT molecular complexity index is 1140. The second-order valence-electron chi connectivity index (χ2n) is 9.55. The maximum absolute atomic E-state index is 13.1. The van der Waals surface area contributed by atoms with Gasteiger partial charge in [0.15, 0.2) is 5.78 Å². The van der Waals surface area contributed by atoms with Crippen molar-refractivity contribution >= 4 is 23.3 Å². The van der Waals surface area contributed by atoms with E-state index >= 15 is 0 Å². The van der Waals surface area contributed by atoms with Gasteiger partial charge in [-0.15, -0.1) is 0 Å². The van der Waals surface area contributed by atoms with E-state index in [-0.39, 0.29) is 29.6 Å². The predicted octanol–water partition coefficient (Wildman–Crippen LogP) is 3.40. The highest BCUT2D eigenvalue weighted by molar-refractivity contribution is 6.17. The lowest BCUT2D eigenvalue weighted by atomic mass is 9.85. The zero-order chi connectivity index (χ0) is 24.5. The zero-order valence-electron chi connectivity index (χ0n) is 20.3. The summed E-state index contributed by atoms with van der Waals surface area (Å²) >= 11 is 0. The molecule has 1 fully saturated rings. The van der Waals surface area contributed by atoms with Crippen LogP contribution in [0.15, 0.2) is 47.5 Å². The minimum Gasteiger partial charge on any atom is -0.497 e. The maximum atomic E-state index is 13.1. The summed E-state index contributed by atoms with van der Waals surface area (Å²) in [5.41, 5.74) is 3.70. The van der Waals surface area contributed by atoms with Crippen molar-refractivity contribution in [3.05, 3.63) is 64.7 Å². The van der Waals surface area contributed by atoms with E-state index in [4.69, 9.17) is 9.73 Å². The molecule has 4 rings (SSSR count). The van der Waals surface area contributed by atoms with Crippen molar-refractivity contribution in [1.82, 2.24) is 9.80 Å². The van der Waals surface area contributed by atoms with E-state index in [2.05, 4.69) is 13.8 Å². The summed E-state index contributed by atoms with van der Waals surface area (Å²) < 4.78 is 5.38. The van der Waals surface area contributed by atoms with Gasteiger partial charge in [0.25, 0.3) is 5.91 Å². The van der Waals surface area contributed by atoms with E-state index in [1.54, 1.807) is 48.1 Å². The largest absolute Gasteiger partial charge is 0.497 e. The zero-order valence-corrected chi connectivity index (χ0v) is 20.3. The first kappa shape index (κ1) is 23.7. The first-order valence-electron chi connectivity index (χ1n) is 11.6. The summed E-state index contributed by atoms with van der Waals surface area (Å²) in [5.74, 6) is 0.647. The highest BCUT2D eigenvalue weighted by Gasteiger charge is 2.28. The molecule has 0 N–H and O–H groups in total. The number of fused-ring (bicyclic) bond motifs is 1. The number of ketones is 1. The minimum absolute atomic E-state index is 0.0296. The van der Waals surface area contributed by atoms with Crippen molar-refractivity contribution in [2.75, 3.05) is 33.3 Å². The minimum atomic E-state index is -0.278. The molecule has 0 saturated carbocycles. The average molecular weight is 462 g/mol. The van der Waals surface area contributed by atoms with Crippen LogP contribution in [-0.2, 0) is 11.2 Å². The average Bonchev–Trinajstić information content (AvgIpc) is 2.83. The Morgan fingerprint density at radius 3 is 2.18 bits per heavy atom. The van der Waals surface area contributed by atoms with Crippen LogP contribution in [0.25, 0.3) is 0 Å². The molecule has 1 saturated heterocycles. The van der Waals surface area contributed by atoms with Gasteiger partial charge in [-0.1, -0.05) is 18.2 Å². The highest BCUT2D eigenvalue weighted by atomic mass is 16.5. The third-order valence-corrected chi connectivity index (χ3v) is 6.48. The molecular weight excluding hydrogens is 430 g/mol.